The van der Waals surface area contributed by atoms with Gasteiger partial charge in [0.1, 0.15) is 11.7 Å². The van der Waals surface area contributed by atoms with E-state index in [2.05, 4.69) is 11.9 Å². The highest BCUT2D eigenvalue weighted by Crippen LogP contribution is 2.48. The molecule has 1 aliphatic rings. The quantitative estimate of drug-likeness (QED) is 0.220. The summed E-state index contributed by atoms with van der Waals surface area (Å²) in [6.07, 6.45) is -2.16. The van der Waals surface area contributed by atoms with Gasteiger partial charge < -0.3 is 11.1 Å². The maximum Gasteiger partial charge on any atom is 0.311 e. The van der Waals surface area contributed by atoms with Crippen LogP contribution in [-0.2, 0) is 23.1 Å². The van der Waals surface area contributed by atoms with Crippen molar-refractivity contribution in [2.45, 2.75) is 42.9 Å². The first-order chi connectivity index (χ1) is 18.2. The fraction of sp³-hybridized carbons (Fsp3) is 0.321. The van der Waals surface area contributed by atoms with Gasteiger partial charge in [0, 0.05) is 30.1 Å². The van der Waals surface area contributed by atoms with Crippen molar-refractivity contribution < 1.29 is 35.5 Å². The highest BCUT2D eigenvalue weighted by atomic mass is 35.5. The number of hydrogen-bond acceptors (Lipinski definition) is 2. The van der Waals surface area contributed by atoms with Crippen LogP contribution in [0, 0.1) is 11.7 Å². The van der Waals surface area contributed by atoms with E-state index in [1.807, 2.05) is 0 Å². The first kappa shape index (κ1) is 30.3. The Labute approximate surface area is 226 Å². The monoisotopic (exact) mass is 574 g/mol. The number of benzene rings is 2. The molecule has 1 aliphatic carbocycles. The molecule has 1 saturated carbocycles. The van der Waals surface area contributed by atoms with Crippen LogP contribution in [0.25, 0.3) is 0 Å². The molecule has 0 radical (unpaired) electrons. The zero-order chi connectivity index (χ0) is 29.0. The summed E-state index contributed by atoms with van der Waals surface area (Å²) in [4.78, 5) is 12.5. The SMILES string of the molecule is C=C/C(Cl)=C\C=C(/N)[C@](CNC(=O)C1CC1(F)F)(Cc1ccccc1)c1cc(F)cc(CC(F)(F)C(F)F)c1. The summed E-state index contributed by atoms with van der Waals surface area (Å²) in [5.74, 6) is -11.1. The number of nitrogens with two attached hydrogens (primary N) is 1. The number of halogens is 8. The molecule has 1 unspecified atom stereocenters. The van der Waals surface area contributed by atoms with Gasteiger partial charge in [0.05, 0.1) is 5.41 Å². The van der Waals surface area contributed by atoms with Gasteiger partial charge in [0.2, 0.25) is 5.91 Å². The predicted molar refractivity (Wildman–Crippen MR) is 135 cm³/mol. The van der Waals surface area contributed by atoms with Crippen molar-refractivity contribution in [1.29, 1.82) is 0 Å². The lowest BCUT2D eigenvalue weighted by Gasteiger charge is -2.36. The molecule has 2 atom stereocenters. The van der Waals surface area contributed by atoms with Gasteiger partial charge in [0.25, 0.3) is 5.92 Å². The molecule has 11 heteroatoms. The van der Waals surface area contributed by atoms with Gasteiger partial charge in [-0.2, -0.15) is 8.78 Å². The number of rotatable bonds is 12. The van der Waals surface area contributed by atoms with Crippen LogP contribution in [0.5, 0.6) is 0 Å². The summed E-state index contributed by atoms with van der Waals surface area (Å²) in [5, 5.41) is 2.60. The Balaban J connectivity index is 2.18. The Hall–Kier alpha value is -3.27. The van der Waals surface area contributed by atoms with Gasteiger partial charge >= 0.3 is 12.3 Å². The van der Waals surface area contributed by atoms with E-state index in [9.17, 15) is 35.5 Å². The molecule has 0 aliphatic heterocycles. The smallest absolute Gasteiger partial charge is 0.311 e. The van der Waals surface area contributed by atoms with Crippen molar-refractivity contribution in [3.8, 4) is 0 Å². The number of hydrogen-bond donors (Lipinski definition) is 2. The van der Waals surface area contributed by atoms with Crippen LogP contribution >= 0.6 is 11.6 Å². The molecule has 2 aromatic carbocycles. The van der Waals surface area contributed by atoms with Crippen molar-refractivity contribution in [3.05, 3.63) is 107 Å². The summed E-state index contributed by atoms with van der Waals surface area (Å²) in [5.41, 5.74) is 4.98. The predicted octanol–water partition coefficient (Wildman–Crippen LogP) is 6.67. The normalized spacial score (nSPS) is 18.9. The number of carbonyl (C=O) groups is 1. The molecule has 1 fully saturated rings. The van der Waals surface area contributed by atoms with Crippen molar-refractivity contribution >= 4 is 17.5 Å². The molecule has 3 N–H and O–H groups in total. The average molecular weight is 575 g/mol. The van der Waals surface area contributed by atoms with Crippen molar-refractivity contribution in [2.24, 2.45) is 11.7 Å². The Morgan fingerprint density at radius 3 is 2.33 bits per heavy atom. The van der Waals surface area contributed by atoms with E-state index in [0.29, 0.717) is 11.6 Å². The summed E-state index contributed by atoms with van der Waals surface area (Å²) in [6.45, 7) is 3.08. The van der Waals surface area contributed by atoms with Crippen LogP contribution in [0.4, 0.5) is 30.7 Å². The van der Waals surface area contributed by atoms with E-state index in [1.54, 1.807) is 30.3 Å². The van der Waals surface area contributed by atoms with Gasteiger partial charge in [-0.3, -0.25) is 4.79 Å². The fourth-order valence-electron chi connectivity index (χ4n) is 4.22. The third kappa shape index (κ3) is 7.44. The highest BCUT2D eigenvalue weighted by Gasteiger charge is 2.61. The summed E-state index contributed by atoms with van der Waals surface area (Å²) < 4.78 is 95.5. The lowest BCUT2D eigenvalue weighted by Crippen LogP contribution is -2.47. The zero-order valence-corrected chi connectivity index (χ0v) is 21.3. The molecule has 1 amide bonds. The van der Waals surface area contributed by atoms with Gasteiger partial charge in [-0.25, -0.2) is 22.0 Å². The van der Waals surface area contributed by atoms with Gasteiger partial charge in [-0.05, 0) is 47.4 Å². The highest BCUT2D eigenvalue weighted by molar-refractivity contribution is 6.31. The third-order valence-electron chi connectivity index (χ3n) is 6.49. The first-order valence-electron chi connectivity index (χ1n) is 11.8. The van der Waals surface area contributed by atoms with Crippen LogP contribution < -0.4 is 11.1 Å². The molecule has 3 rings (SSSR count). The van der Waals surface area contributed by atoms with E-state index in [0.717, 1.165) is 12.1 Å². The minimum Gasteiger partial charge on any atom is -0.401 e. The van der Waals surface area contributed by atoms with E-state index < -0.39 is 66.3 Å². The number of allylic oxidation sites excluding steroid dienone is 4. The van der Waals surface area contributed by atoms with E-state index in [-0.39, 0.29) is 22.7 Å². The Morgan fingerprint density at radius 1 is 1.13 bits per heavy atom. The van der Waals surface area contributed by atoms with Crippen molar-refractivity contribution in [2.75, 3.05) is 6.54 Å². The van der Waals surface area contributed by atoms with Crippen molar-refractivity contribution in [3.63, 3.8) is 0 Å². The van der Waals surface area contributed by atoms with Crippen LogP contribution in [0.15, 0.2) is 84.1 Å². The molecule has 0 bridgehead atoms. The summed E-state index contributed by atoms with van der Waals surface area (Å²) in [6, 6.07) is 11.3. The van der Waals surface area contributed by atoms with Crippen LogP contribution in [0.1, 0.15) is 23.1 Å². The molecule has 2 aromatic rings. The maximum absolute atomic E-state index is 14.8. The molecule has 39 heavy (non-hydrogen) atoms. The number of nitrogens with one attached hydrogen (secondary N) is 1. The second-order valence-corrected chi connectivity index (χ2v) is 9.88. The lowest BCUT2D eigenvalue weighted by molar-refractivity contribution is -0.127. The van der Waals surface area contributed by atoms with Gasteiger partial charge in [-0.1, -0.05) is 60.7 Å². The first-order valence-corrected chi connectivity index (χ1v) is 12.2. The van der Waals surface area contributed by atoms with Gasteiger partial charge in [-0.15, -0.1) is 0 Å². The van der Waals surface area contributed by atoms with Crippen molar-refractivity contribution in [1.82, 2.24) is 5.32 Å². The zero-order valence-electron chi connectivity index (χ0n) is 20.6. The minimum atomic E-state index is -4.44. The topological polar surface area (TPSA) is 55.1 Å². The summed E-state index contributed by atoms with van der Waals surface area (Å²) in [7, 11) is 0. The molecule has 0 spiro atoms. The standard InChI is InChI=1S/C28H26ClF7N2O/c1-2-20(29)8-9-23(37)26(13-17-6-4-3-5-7-17,16-38-24(39)22-15-27(22,33)34)19-10-18(11-21(30)12-19)14-28(35,36)25(31)32/h2-12,22,25H,1,13-16,37H2,(H,38,39)/b20-8+,23-9-/t22?,26-/m0/s1. The molecule has 0 heterocycles. The lowest BCUT2D eigenvalue weighted by atomic mass is 9.72. The average Bonchev–Trinajstić information content (AvgIpc) is 3.52. The van der Waals surface area contributed by atoms with Crippen LogP contribution in [0.2, 0.25) is 0 Å². The molecular weight excluding hydrogens is 549 g/mol. The molecule has 0 saturated heterocycles. The van der Waals surface area contributed by atoms with Gasteiger partial charge in [0.15, 0.2) is 0 Å². The minimum absolute atomic E-state index is 0.0358. The maximum atomic E-state index is 14.8. The molecular formula is C28H26ClF7N2O. The van der Waals surface area contributed by atoms with E-state index in [1.165, 1.54) is 18.2 Å². The number of carbonyl (C=O) groups excluding carboxylic acids is 1. The fourth-order valence-corrected chi connectivity index (χ4v) is 4.28. The van der Waals surface area contributed by atoms with E-state index in [4.69, 9.17) is 17.3 Å². The summed E-state index contributed by atoms with van der Waals surface area (Å²) >= 11 is 6.00. The van der Waals surface area contributed by atoms with Crippen LogP contribution in [-0.4, -0.2) is 30.7 Å². The number of alkyl halides is 6. The van der Waals surface area contributed by atoms with Crippen LogP contribution in [0.3, 0.4) is 0 Å². The Bertz CT molecular complexity index is 1260. The van der Waals surface area contributed by atoms with E-state index >= 15 is 0 Å². The third-order valence-corrected chi connectivity index (χ3v) is 6.77. The second-order valence-electron chi connectivity index (χ2n) is 9.44. The second kappa shape index (κ2) is 11.9. The molecule has 0 aromatic heterocycles. The molecule has 3 nitrogen and oxygen atoms in total. The largest absolute Gasteiger partial charge is 0.401 e. The Morgan fingerprint density at radius 2 is 1.77 bits per heavy atom. The molecule has 210 valence electrons. The number of amides is 1. The Kier molecular flexibility index (Phi) is 9.20.